The van der Waals surface area contributed by atoms with E-state index in [0.717, 1.165) is 19.3 Å². The third-order valence-electron chi connectivity index (χ3n) is 7.51. The lowest BCUT2D eigenvalue weighted by molar-refractivity contribution is 0.156. The summed E-state index contributed by atoms with van der Waals surface area (Å²) < 4.78 is 13.9. The Labute approximate surface area is 235 Å². The monoisotopic (exact) mass is 562 g/mol. The number of unbranched alkanes of at least 4 members (excludes halogenated alkanes) is 4. The molecule has 37 heavy (non-hydrogen) atoms. The Kier molecular flexibility index (Phi) is 15.6. The van der Waals surface area contributed by atoms with Gasteiger partial charge in [0.2, 0.25) is 0 Å². The van der Waals surface area contributed by atoms with Crippen LogP contribution in [-0.4, -0.2) is 36.9 Å². The molecule has 1 rings (SSSR count). The van der Waals surface area contributed by atoms with Crippen LogP contribution in [0.15, 0.2) is 24.3 Å². The molecule has 2 nitrogen and oxygen atoms in total. The first-order valence-electron chi connectivity index (χ1n) is 15.4. The summed E-state index contributed by atoms with van der Waals surface area (Å²) in [5.74, 6) is 4.33. The van der Waals surface area contributed by atoms with Crippen molar-refractivity contribution in [1.29, 1.82) is 0 Å². The molecule has 0 unspecified atom stereocenters. The van der Waals surface area contributed by atoms with Crippen LogP contribution in [0.5, 0.6) is 0 Å². The lowest BCUT2D eigenvalue weighted by Gasteiger charge is -2.31. The summed E-state index contributed by atoms with van der Waals surface area (Å²) in [4.78, 5) is 0. The predicted molar refractivity (Wildman–Crippen MR) is 174 cm³/mol. The van der Waals surface area contributed by atoms with Gasteiger partial charge in [-0.15, -0.1) is 11.5 Å². The van der Waals surface area contributed by atoms with Gasteiger partial charge in [-0.3, -0.25) is 0 Å². The summed E-state index contributed by atoms with van der Waals surface area (Å²) in [5.41, 5.74) is 4.94. The zero-order valence-corrected chi connectivity index (χ0v) is 29.5. The highest BCUT2D eigenvalue weighted by molar-refractivity contribution is 6.83. The van der Waals surface area contributed by atoms with Crippen LogP contribution in [-0.2, 0) is 8.85 Å². The second-order valence-electron chi connectivity index (χ2n) is 13.7. The molecule has 1 saturated carbocycles. The lowest BCUT2D eigenvalue weighted by atomic mass is 9.89. The first-order valence-corrected chi connectivity index (χ1v) is 25.2. The molecule has 1 aliphatic carbocycles. The van der Waals surface area contributed by atoms with E-state index in [1.54, 1.807) is 0 Å². The fourth-order valence-corrected chi connectivity index (χ4v) is 10.7. The van der Waals surface area contributed by atoms with Crippen LogP contribution < -0.4 is 0 Å². The van der Waals surface area contributed by atoms with Crippen LogP contribution in [0.1, 0.15) is 85.0 Å². The van der Waals surface area contributed by atoms with Gasteiger partial charge in [-0.1, -0.05) is 110 Å². The highest BCUT2D eigenvalue weighted by Crippen LogP contribution is 2.42. The molecule has 0 aromatic rings. The van der Waals surface area contributed by atoms with Crippen molar-refractivity contribution in [2.24, 2.45) is 11.8 Å². The summed E-state index contributed by atoms with van der Waals surface area (Å²) in [6.45, 7) is 28.0. The van der Waals surface area contributed by atoms with E-state index in [9.17, 15) is 0 Å². The molecule has 0 saturated heterocycles. The molecule has 5 heteroatoms. The van der Waals surface area contributed by atoms with Crippen LogP contribution in [0.25, 0.3) is 0 Å². The second kappa shape index (κ2) is 16.7. The molecule has 0 aliphatic heterocycles. The molecule has 0 aromatic heterocycles. The highest BCUT2D eigenvalue weighted by atomic mass is 28.4. The van der Waals surface area contributed by atoms with Crippen LogP contribution in [0.2, 0.25) is 57.9 Å². The molecule has 0 amide bonds. The molecule has 0 radical (unpaired) electrons. The van der Waals surface area contributed by atoms with Gasteiger partial charge >= 0.3 is 0 Å². The minimum Gasteiger partial charge on any atom is -0.414 e. The standard InChI is InChI=1S/C32H62O2Si3/c1-12-15-18-20-29(33-36(8,9)25-16-13-2)22-23-31-30(21-19-24-35(5,6)7)28(4)27-32(31)34-37(10,11)26-17-14-3/h22-23,29-32H,4,12-18,20-21,25-27H2,1-3,5-11H3/t29-,30-,31+,32+/m0/s1. The minimum atomic E-state index is -1.72. The highest BCUT2D eigenvalue weighted by Gasteiger charge is 2.40. The van der Waals surface area contributed by atoms with Gasteiger partial charge in [-0.05, 0) is 57.0 Å². The molecule has 1 aliphatic rings. The van der Waals surface area contributed by atoms with Gasteiger partial charge in [0.1, 0.15) is 8.07 Å². The van der Waals surface area contributed by atoms with Gasteiger partial charge in [0, 0.05) is 12.3 Å². The SMILES string of the molecule is C=C1C[C@@H](O[Si](C)(C)CCCC)[C@H](C=C[C@H](CCCCC)O[Si](C)(C)CCCC)[C@H]1CC#C[Si](C)(C)C. The van der Waals surface area contributed by atoms with Crippen molar-refractivity contribution in [2.75, 3.05) is 0 Å². The molecule has 0 N–H and O–H groups in total. The Balaban J connectivity index is 3.20. The van der Waals surface area contributed by atoms with Crippen molar-refractivity contribution in [1.82, 2.24) is 0 Å². The third-order valence-corrected chi connectivity index (χ3v) is 13.4. The molecule has 0 bridgehead atoms. The fraction of sp³-hybridized carbons (Fsp3) is 0.812. The molecule has 0 spiro atoms. The Morgan fingerprint density at radius 3 is 2.05 bits per heavy atom. The maximum absolute atomic E-state index is 7.00. The summed E-state index contributed by atoms with van der Waals surface area (Å²) in [6, 6.07) is 2.49. The maximum atomic E-state index is 7.00. The van der Waals surface area contributed by atoms with E-state index in [4.69, 9.17) is 8.85 Å². The minimum absolute atomic E-state index is 0.221. The Hall–Kier alpha value is -0.389. The first kappa shape index (κ1) is 34.6. The molecular formula is C32H62O2Si3. The summed E-state index contributed by atoms with van der Waals surface area (Å²) in [5, 5.41) is 0. The average Bonchev–Trinajstić information content (AvgIpc) is 3.07. The first-order chi connectivity index (χ1) is 17.2. The van der Waals surface area contributed by atoms with Crippen molar-refractivity contribution >= 4 is 24.7 Å². The van der Waals surface area contributed by atoms with Crippen molar-refractivity contribution in [3.63, 3.8) is 0 Å². The summed E-state index contributed by atoms with van der Waals surface area (Å²) in [7, 11) is -4.78. The molecular weight excluding hydrogens is 501 g/mol. The zero-order chi connectivity index (χ0) is 28.1. The van der Waals surface area contributed by atoms with Crippen molar-refractivity contribution in [3.8, 4) is 11.5 Å². The Morgan fingerprint density at radius 2 is 1.49 bits per heavy atom. The van der Waals surface area contributed by atoms with E-state index in [0.29, 0.717) is 11.8 Å². The van der Waals surface area contributed by atoms with Crippen LogP contribution in [0, 0.1) is 23.3 Å². The van der Waals surface area contributed by atoms with Gasteiger partial charge in [-0.2, -0.15) is 0 Å². The quantitative estimate of drug-likeness (QED) is 0.0759. The van der Waals surface area contributed by atoms with E-state index < -0.39 is 24.7 Å². The van der Waals surface area contributed by atoms with Crippen LogP contribution in [0.3, 0.4) is 0 Å². The average molecular weight is 563 g/mol. The number of rotatable bonds is 17. The van der Waals surface area contributed by atoms with E-state index >= 15 is 0 Å². The molecule has 4 atom stereocenters. The van der Waals surface area contributed by atoms with Gasteiger partial charge in [0.15, 0.2) is 16.6 Å². The van der Waals surface area contributed by atoms with Crippen LogP contribution >= 0.6 is 0 Å². The van der Waals surface area contributed by atoms with Gasteiger partial charge in [0.25, 0.3) is 0 Å². The largest absolute Gasteiger partial charge is 0.414 e. The van der Waals surface area contributed by atoms with Crippen LogP contribution in [0.4, 0.5) is 0 Å². The molecule has 0 aromatic carbocycles. The van der Waals surface area contributed by atoms with E-state index in [-0.39, 0.29) is 12.2 Å². The van der Waals surface area contributed by atoms with Crippen molar-refractivity contribution in [3.05, 3.63) is 24.3 Å². The number of hydrogen-bond acceptors (Lipinski definition) is 2. The van der Waals surface area contributed by atoms with Gasteiger partial charge in [0.05, 0.1) is 12.2 Å². The molecule has 0 heterocycles. The Morgan fingerprint density at radius 1 is 0.892 bits per heavy atom. The smallest absolute Gasteiger partial charge is 0.187 e. The zero-order valence-electron chi connectivity index (χ0n) is 26.5. The third kappa shape index (κ3) is 14.5. The summed E-state index contributed by atoms with van der Waals surface area (Å²) in [6.07, 6.45) is 17.2. The van der Waals surface area contributed by atoms with E-state index in [1.807, 2.05) is 0 Å². The van der Waals surface area contributed by atoms with Gasteiger partial charge in [-0.25, -0.2) is 0 Å². The molecule has 1 fully saturated rings. The number of hydrogen-bond donors (Lipinski definition) is 0. The van der Waals surface area contributed by atoms with E-state index in [1.165, 1.54) is 62.6 Å². The van der Waals surface area contributed by atoms with E-state index in [2.05, 4.69) is 96.8 Å². The molecule has 214 valence electrons. The maximum Gasteiger partial charge on any atom is 0.187 e. The second-order valence-corrected chi connectivity index (χ2v) is 27.0. The van der Waals surface area contributed by atoms with Crippen molar-refractivity contribution in [2.45, 2.75) is 155 Å². The van der Waals surface area contributed by atoms with Gasteiger partial charge < -0.3 is 8.85 Å². The summed E-state index contributed by atoms with van der Waals surface area (Å²) >= 11 is 0. The predicted octanol–water partition coefficient (Wildman–Crippen LogP) is 10.4. The fourth-order valence-electron chi connectivity index (χ4n) is 5.35. The Bertz CT molecular complexity index is 754. The normalized spacial score (nSPS) is 21.9. The van der Waals surface area contributed by atoms with Crippen molar-refractivity contribution < 1.29 is 8.85 Å². The lowest BCUT2D eigenvalue weighted by Crippen LogP contribution is -2.37. The topological polar surface area (TPSA) is 18.5 Å².